The number of aryl methyl sites for hydroxylation is 1. The Kier molecular flexibility index (Phi) is 6.20. The fourth-order valence-corrected chi connectivity index (χ4v) is 4.83. The maximum absolute atomic E-state index is 15.0. The summed E-state index contributed by atoms with van der Waals surface area (Å²) in [6.45, 7) is 2.30. The van der Waals surface area contributed by atoms with E-state index in [4.69, 9.17) is 0 Å². The molecule has 7 nitrogen and oxygen atoms in total. The predicted molar refractivity (Wildman–Crippen MR) is 122 cm³/mol. The number of pyridine rings is 1. The minimum absolute atomic E-state index is 0.00308. The Labute approximate surface area is 209 Å². The van der Waals surface area contributed by atoms with Crippen LogP contribution in [0.3, 0.4) is 0 Å². The molecular formula is C22H18F7N7S. The fraction of sp³-hybridized carbons (Fsp3) is 0.364. The summed E-state index contributed by atoms with van der Waals surface area (Å²) in [5, 5.41) is 7.73. The van der Waals surface area contributed by atoms with E-state index in [-0.39, 0.29) is 35.3 Å². The Bertz CT molecular complexity index is 1400. The van der Waals surface area contributed by atoms with Crippen LogP contribution >= 0.6 is 11.5 Å². The van der Waals surface area contributed by atoms with Crippen molar-refractivity contribution in [2.24, 2.45) is 0 Å². The van der Waals surface area contributed by atoms with Crippen LogP contribution < -0.4 is 10.2 Å². The average molecular weight is 545 g/mol. The second-order valence-corrected chi connectivity index (χ2v) is 9.28. The lowest BCUT2D eigenvalue weighted by atomic mass is 10.00. The van der Waals surface area contributed by atoms with Crippen LogP contribution in [-0.4, -0.2) is 49.3 Å². The monoisotopic (exact) mass is 545 g/mol. The van der Waals surface area contributed by atoms with E-state index >= 15 is 0 Å². The Hall–Kier alpha value is -3.49. The molecule has 37 heavy (non-hydrogen) atoms. The zero-order valence-electron chi connectivity index (χ0n) is 19.0. The zero-order valence-corrected chi connectivity index (χ0v) is 19.8. The number of anilines is 2. The molecule has 1 aliphatic heterocycles. The van der Waals surface area contributed by atoms with Crippen molar-refractivity contribution in [3.8, 4) is 11.1 Å². The maximum atomic E-state index is 15.0. The van der Waals surface area contributed by atoms with Gasteiger partial charge in [0, 0.05) is 29.8 Å². The van der Waals surface area contributed by atoms with Crippen molar-refractivity contribution in [2.75, 3.05) is 23.3 Å². The third-order valence-electron chi connectivity index (χ3n) is 5.90. The van der Waals surface area contributed by atoms with E-state index in [1.807, 2.05) is 0 Å². The van der Waals surface area contributed by atoms with Crippen LogP contribution in [0, 0.1) is 6.92 Å². The molecule has 0 saturated carbocycles. The van der Waals surface area contributed by atoms with E-state index in [2.05, 4.69) is 24.8 Å². The molecule has 0 radical (unpaired) electrons. The quantitative estimate of drug-likeness (QED) is 0.336. The van der Waals surface area contributed by atoms with E-state index in [9.17, 15) is 30.7 Å². The Morgan fingerprint density at radius 1 is 1.03 bits per heavy atom. The number of fused-ring (bicyclic) bond motifs is 1. The maximum Gasteiger partial charge on any atom is 0.416 e. The first-order chi connectivity index (χ1) is 17.4. The summed E-state index contributed by atoms with van der Waals surface area (Å²) in [6, 6.07) is 3.45. The fourth-order valence-electron chi connectivity index (χ4n) is 4.12. The highest BCUT2D eigenvalue weighted by atomic mass is 32.1. The molecule has 4 heterocycles. The SMILES string of the molecule is Cc1nsc(N2CC[C@H](Nc3nc4c(-c5cc(C(F)(F)F)cc(C(F)(F)F)c5)cccn4n3)[C@H](F)C2)n1. The Morgan fingerprint density at radius 2 is 1.73 bits per heavy atom. The second-order valence-electron chi connectivity index (χ2n) is 8.55. The van der Waals surface area contributed by atoms with Crippen molar-refractivity contribution in [3.05, 3.63) is 53.5 Å². The number of alkyl halides is 7. The van der Waals surface area contributed by atoms with E-state index < -0.39 is 35.7 Å². The van der Waals surface area contributed by atoms with Gasteiger partial charge in [-0.25, -0.2) is 13.9 Å². The number of piperidine rings is 1. The van der Waals surface area contributed by atoms with Gasteiger partial charge in [-0.15, -0.1) is 5.10 Å². The minimum Gasteiger partial charge on any atom is -0.347 e. The normalized spacial score (nSPS) is 19.0. The van der Waals surface area contributed by atoms with Crippen LogP contribution in [0.2, 0.25) is 0 Å². The van der Waals surface area contributed by atoms with Gasteiger partial charge in [-0.3, -0.25) is 0 Å². The van der Waals surface area contributed by atoms with Gasteiger partial charge in [0.05, 0.1) is 23.7 Å². The molecule has 15 heteroatoms. The standard InChI is InChI=1S/C22H18F7N7S/c1-11-30-20(37-34-11)35-6-4-17(16(23)10-35)31-19-32-18-15(3-2-5-36(18)33-19)12-7-13(21(24,25)26)9-14(8-12)22(27,28)29/h2-3,5,7-9,16-17H,4,6,10H2,1H3,(H,31,33)/t16-,17+/m1/s1. The Balaban J connectivity index is 1.43. The van der Waals surface area contributed by atoms with Gasteiger partial charge < -0.3 is 10.2 Å². The number of nitrogens with zero attached hydrogens (tertiary/aromatic N) is 6. The number of halogens is 7. The molecule has 3 aromatic heterocycles. The summed E-state index contributed by atoms with van der Waals surface area (Å²) in [7, 11) is 0. The highest BCUT2D eigenvalue weighted by Crippen LogP contribution is 2.39. The van der Waals surface area contributed by atoms with Crippen LogP contribution in [0.15, 0.2) is 36.5 Å². The van der Waals surface area contributed by atoms with Crippen molar-refractivity contribution in [1.29, 1.82) is 0 Å². The van der Waals surface area contributed by atoms with Gasteiger partial charge in [0.25, 0.3) is 0 Å². The number of rotatable bonds is 4. The summed E-state index contributed by atoms with van der Waals surface area (Å²) in [5.74, 6) is 0.604. The molecule has 0 unspecified atom stereocenters. The minimum atomic E-state index is -4.99. The third kappa shape index (κ3) is 5.17. The number of hydrogen-bond acceptors (Lipinski definition) is 7. The van der Waals surface area contributed by atoms with Crippen molar-refractivity contribution < 1.29 is 30.7 Å². The zero-order chi connectivity index (χ0) is 26.5. The van der Waals surface area contributed by atoms with Gasteiger partial charge in [-0.05, 0) is 49.2 Å². The lowest BCUT2D eigenvalue weighted by Gasteiger charge is -2.34. The van der Waals surface area contributed by atoms with E-state index in [0.29, 0.717) is 36.1 Å². The van der Waals surface area contributed by atoms with Crippen molar-refractivity contribution >= 4 is 28.3 Å². The first-order valence-electron chi connectivity index (χ1n) is 11.0. The molecule has 5 rings (SSSR count). The summed E-state index contributed by atoms with van der Waals surface area (Å²) in [4.78, 5) is 10.3. The Morgan fingerprint density at radius 3 is 2.32 bits per heavy atom. The molecule has 0 amide bonds. The summed E-state index contributed by atoms with van der Waals surface area (Å²) in [6.07, 6.45) is -9.46. The lowest BCUT2D eigenvalue weighted by Crippen LogP contribution is -2.48. The first-order valence-corrected chi connectivity index (χ1v) is 11.8. The molecule has 1 N–H and O–H groups in total. The van der Waals surface area contributed by atoms with Gasteiger partial charge in [0.15, 0.2) is 5.65 Å². The van der Waals surface area contributed by atoms with E-state index in [1.165, 1.54) is 34.4 Å². The highest BCUT2D eigenvalue weighted by molar-refractivity contribution is 7.09. The van der Waals surface area contributed by atoms with Crippen molar-refractivity contribution in [2.45, 2.75) is 37.9 Å². The molecule has 2 atom stereocenters. The smallest absolute Gasteiger partial charge is 0.347 e. The topological polar surface area (TPSA) is 71.2 Å². The molecule has 196 valence electrons. The van der Waals surface area contributed by atoms with Crippen LogP contribution in [0.5, 0.6) is 0 Å². The van der Waals surface area contributed by atoms with Gasteiger partial charge >= 0.3 is 12.4 Å². The molecule has 0 spiro atoms. The molecule has 1 fully saturated rings. The number of nitrogens with one attached hydrogen (secondary N) is 1. The van der Waals surface area contributed by atoms with Gasteiger partial charge in [-0.1, -0.05) is 0 Å². The van der Waals surface area contributed by atoms with Gasteiger partial charge in [-0.2, -0.15) is 35.7 Å². The molecule has 1 aromatic carbocycles. The second kappa shape index (κ2) is 9.11. The number of hydrogen-bond donors (Lipinski definition) is 1. The summed E-state index contributed by atoms with van der Waals surface area (Å²) >= 11 is 1.18. The predicted octanol–water partition coefficient (Wildman–Crippen LogP) is 5.62. The van der Waals surface area contributed by atoms with Crippen LogP contribution in [0.25, 0.3) is 16.8 Å². The van der Waals surface area contributed by atoms with Crippen LogP contribution in [-0.2, 0) is 12.4 Å². The largest absolute Gasteiger partial charge is 0.416 e. The molecular weight excluding hydrogens is 527 g/mol. The first kappa shape index (κ1) is 25.2. The molecule has 0 aliphatic carbocycles. The van der Waals surface area contributed by atoms with E-state index in [1.54, 1.807) is 11.8 Å². The van der Waals surface area contributed by atoms with E-state index in [0.717, 1.165) is 0 Å². The van der Waals surface area contributed by atoms with Gasteiger partial charge in [0.2, 0.25) is 11.1 Å². The molecule has 1 saturated heterocycles. The summed E-state index contributed by atoms with van der Waals surface area (Å²) < 4.78 is 100. The number of aromatic nitrogens is 5. The van der Waals surface area contributed by atoms with Crippen molar-refractivity contribution in [3.63, 3.8) is 0 Å². The average Bonchev–Trinajstić information content (AvgIpc) is 3.44. The lowest BCUT2D eigenvalue weighted by molar-refractivity contribution is -0.143. The van der Waals surface area contributed by atoms with Gasteiger partial charge in [0.1, 0.15) is 12.0 Å². The highest BCUT2D eigenvalue weighted by Gasteiger charge is 2.37. The molecule has 4 aromatic rings. The third-order valence-corrected chi connectivity index (χ3v) is 6.77. The van der Waals surface area contributed by atoms with Crippen LogP contribution in [0.4, 0.5) is 41.8 Å². The van der Waals surface area contributed by atoms with Crippen molar-refractivity contribution in [1.82, 2.24) is 24.0 Å². The molecule has 1 aliphatic rings. The number of benzene rings is 1. The molecule has 0 bridgehead atoms. The van der Waals surface area contributed by atoms with Crippen LogP contribution in [0.1, 0.15) is 23.4 Å². The summed E-state index contributed by atoms with van der Waals surface area (Å²) in [5.41, 5.74) is -3.16.